The van der Waals surface area contributed by atoms with Gasteiger partial charge in [-0.15, -0.1) is 0 Å². The van der Waals surface area contributed by atoms with E-state index in [1.54, 1.807) is 7.11 Å². The van der Waals surface area contributed by atoms with E-state index >= 15 is 0 Å². The van der Waals surface area contributed by atoms with Crippen molar-refractivity contribution in [2.75, 3.05) is 26.8 Å². The fourth-order valence-corrected chi connectivity index (χ4v) is 2.28. The summed E-state index contributed by atoms with van der Waals surface area (Å²) in [5.41, 5.74) is 6.06. The molecule has 0 amide bonds. The molecule has 2 N–H and O–H groups in total. The molecule has 0 aliphatic rings. The Kier molecular flexibility index (Phi) is 7.98. The van der Waals surface area contributed by atoms with Crippen LogP contribution in [-0.4, -0.2) is 43.3 Å². The number of nitrogens with two attached hydrogens (primary N) is 1. The summed E-state index contributed by atoms with van der Waals surface area (Å²) in [5.74, 6) is 0. The van der Waals surface area contributed by atoms with Gasteiger partial charge in [0.25, 0.3) is 0 Å². The fourth-order valence-electron chi connectivity index (χ4n) is 2.28. The van der Waals surface area contributed by atoms with Crippen LogP contribution in [0.3, 0.4) is 0 Å². The Labute approximate surface area is 101 Å². The smallest absolute Gasteiger partial charge is 0.0590 e. The largest absolute Gasteiger partial charge is 0.383 e. The van der Waals surface area contributed by atoms with Crippen molar-refractivity contribution in [3.63, 3.8) is 0 Å². The van der Waals surface area contributed by atoms with Gasteiger partial charge in [-0.05, 0) is 26.2 Å². The van der Waals surface area contributed by atoms with Crippen molar-refractivity contribution in [3.8, 4) is 0 Å². The van der Waals surface area contributed by atoms with E-state index in [1.807, 2.05) is 0 Å². The van der Waals surface area contributed by atoms with Crippen LogP contribution in [0.4, 0.5) is 0 Å². The van der Waals surface area contributed by atoms with Gasteiger partial charge in [-0.2, -0.15) is 0 Å². The van der Waals surface area contributed by atoms with Crippen molar-refractivity contribution in [2.24, 2.45) is 5.73 Å². The van der Waals surface area contributed by atoms with E-state index in [0.717, 1.165) is 19.6 Å². The van der Waals surface area contributed by atoms with Crippen molar-refractivity contribution in [1.82, 2.24) is 4.90 Å². The summed E-state index contributed by atoms with van der Waals surface area (Å²) in [4.78, 5) is 2.54. The van der Waals surface area contributed by atoms with Crippen molar-refractivity contribution in [2.45, 2.75) is 58.5 Å². The minimum Gasteiger partial charge on any atom is -0.383 e. The van der Waals surface area contributed by atoms with Gasteiger partial charge in [0.2, 0.25) is 0 Å². The van der Waals surface area contributed by atoms with Gasteiger partial charge in [-0.3, -0.25) is 4.90 Å². The summed E-state index contributed by atoms with van der Waals surface area (Å²) in [6.07, 6.45) is 3.44. The van der Waals surface area contributed by atoms with Crippen LogP contribution in [0.2, 0.25) is 0 Å². The zero-order chi connectivity index (χ0) is 12.6. The summed E-state index contributed by atoms with van der Waals surface area (Å²) in [6, 6.07) is 0.614. The number of nitrogens with zero attached hydrogens (tertiary/aromatic N) is 1. The van der Waals surface area contributed by atoms with E-state index in [-0.39, 0.29) is 5.54 Å². The van der Waals surface area contributed by atoms with E-state index < -0.39 is 0 Å². The topological polar surface area (TPSA) is 38.5 Å². The first kappa shape index (κ1) is 15.9. The summed E-state index contributed by atoms with van der Waals surface area (Å²) >= 11 is 0. The van der Waals surface area contributed by atoms with Crippen LogP contribution in [-0.2, 0) is 4.74 Å². The molecule has 0 aromatic rings. The highest BCUT2D eigenvalue weighted by atomic mass is 16.5. The minimum atomic E-state index is 0.106. The predicted octanol–water partition coefficient (Wildman–Crippen LogP) is 2.25. The normalized spacial score (nSPS) is 15.8. The lowest BCUT2D eigenvalue weighted by atomic mass is 9.93. The maximum atomic E-state index is 5.95. The molecule has 0 saturated carbocycles. The monoisotopic (exact) mass is 230 g/mol. The molecule has 0 saturated heterocycles. The second-order valence-electron chi connectivity index (χ2n) is 4.71. The quantitative estimate of drug-likeness (QED) is 0.660. The van der Waals surface area contributed by atoms with Gasteiger partial charge in [0.05, 0.1) is 6.61 Å². The standard InChI is InChI=1S/C13H30N2O/c1-6-12(7-2)15(9-10-16-5)13(4,8-3)11-14/h12H,6-11,14H2,1-5H3. The molecule has 0 radical (unpaired) electrons. The summed E-state index contributed by atoms with van der Waals surface area (Å²) in [5, 5.41) is 0. The summed E-state index contributed by atoms with van der Waals surface area (Å²) in [6.45, 7) is 11.5. The van der Waals surface area contributed by atoms with Gasteiger partial charge >= 0.3 is 0 Å². The lowest BCUT2D eigenvalue weighted by molar-refractivity contribution is 0.0274. The third kappa shape index (κ3) is 4.04. The number of hydrogen-bond donors (Lipinski definition) is 1. The van der Waals surface area contributed by atoms with E-state index in [9.17, 15) is 0 Å². The molecular formula is C13H30N2O. The molecule has 0 aromatic carbocycles. The van der Waals surface area contributed by atoms with Crippen LogP contribution in [0.15, 0.2) is 0 Å². The molecule has 3 nitrogen and oxygen atoms in total. The lowest BCUT2D eigenvalue weighted by Gasteiger charge is -2.44. The van der Waals surface area contributed by atoms with Gasteiger partial charge in [-0.1, -0.05) is 20.8 Å². The predicted molar refractivity (Wildman–Crippen MR) is 70.7 cm³/mol. The van der Waals surface area contributed by atoms with Crippen molar-refractivity contribution in [1.29, 1.82) is 0 Å². The van der Waals surface area contributed by atoms with Crippen LogP contribution in [0.1, 0.15) is 47.0 Å². The average molecular weight is 230 g/mol. The Hall–Kier alpha value is -0.120. The molecule has 3 heteroatoms. The number of ether oxygens (including phenoxy) is 1. The van der Waals surface area contributed by atoms with Crippen molar-refractivity contribution < 1.29 is 4.74 Å². The van der Waals surface area contributed by atoms with Gasteiger partial charge in [0, 0.05) is 31.8 Å². The van der Waals surface area contributed by atoms with Crippen molar-refractivity contribution in [3.05, 3.63) is 0 Å². The molecule has 0 bridgehead atoms. The fraction of sp³-hybridized carbons (Fsp3) is 1.00. The highest BCUT2D eigenvalue weighted by Gasteiger charge is 2.32. The van der Waals surface area contributed by atoms with Gasteiger partial charge in [-0.25, -0.2) is 0 Å². The molecule has 1 unspecified atom stereocenters. The third-order valence-electron chi connectivity index (χ3n) is 3.81. The summed E-state index contributed by atoms with van der Waals surface area (Å²) < 4.78 is 5.21. The van der Waals surface area contributed by atoms with Crippen LogP contribution in [0.5, 0.6) is 0 Å². The SMILES string of the molecule is CCC(CC)N(CCOC)C(C)(CC)CN. The Morgan fingerprint density at radius 3 is 2.12 bits per heavy atom. The first-order valence-electron chi connectivity index (χ1n) is 6.55. The Bertz CT molecular complexity index is 165. The number of rotatable bonds is 9. The molecule has 0 aliphatic heterocycles. The van der Waals surface area contributed by atoms with E-state index in [0.29, 0.717) is 12.6 Å². The van der Waals surface area contributed by atoms with Crippen molar-refractivity contribution >= 4 is 0 Å². The Morgan fingerprint density at radius 1 is 1.25 bits per heavy atom. The van der Waals surface area contributed by atoms with E-state index in [4.69, 9.17) is 10.5 Å². The third-order valence-corrected chi connectivity index (χ3v) is 3.81. The molecule has 16 heavy (non-hydrogen) atoms. The van der Waals surface area contributed by atoms with E-state index in [2.05, 4.69) is 32.6 Å². The average Bonchev–Trinajstić information content (AvgIpc) is 2.33. The van der Waals surface area contributed by atoms with Crippen LogP contribution >= 0.6 is 0 Å². The molecule has 0 rings (SSSR count). The molecule has 0 aromatic heterocycles. The first-order chi connectivity index (χ1) is 7.59. The molecule has 0 aliphatic carbocycles. The highest BCUT2D eigenvalue weighted by molar-refractivity contribution is 4.89. The van der Waals surface area contributed by atoms with Gasteiger partial charge in [0.1, 0.15) is 0 Å². The van der Waals surface area contributed by atoms with Crippen LogP contribution in [0.25, 0.3) is 0 Å². The van der Waals surface area contributed by atoms with Gasteiger partial charge < -0.3 is 10.5 Å². The maximum Gasteiger partial charge on any atom is 0.0590 e. The molecular weight excluding hydrogens is 200 g/mol. The zero-order valence-electron chi connectivity index (χ0n) is 11.8. The first-order valence-corrected chi connectivity index (χ1v) is 6.55. The van der Waals surface area contributed by atoms with Crippen LogP contribution in [0, 0.1) is 0 Å². The zero-order valence-corrected chi connectivity index (χ0v) is 11.8. The molecule has 1 atom stereocenters. The molecule has 98 valence electrons. The lowest BCUT2D eigenvalue weighted by Crippen LogP contribution is -2.56. The van der Waals surface area contributed by atoms with E-state index in [1.165, 1.54) is 12.8 Å². The number of methoxy groups -OCH3 is 1. The van der Waals surface area contributed by atoms with Crippen LogP contribution < -0.4 is 5.73 Å². The Morgan fingerprint density at radius 2 is 1.81 bits per heavy atom. The second kappa shape index (κ2) is 8.04. The maximum absolute atomic E-state index is 5.95. The minimum absolute atomic E-state index is 0.106. The molecule has 0 spiro atoms. The molecule has 0 fully saturated rings. The van der Waals surface area contributed by atoms with Gasteiger partial charge in [0.15, 0.2) is 0 Å². The second-order valence-corrected chi connectivity index (χ2v) is 4.71. The summed E-state index contributed by atoms with van der Waals surface area (Å²) in [7, 11) is 1.76. The number of hydrogen-bond acceptors (Lipinski definition) is 3. The molecule has 0 heterocycles. The highest BCUT2D eigenvalue weighted by Crippen LogP contribution is 2.23. The Balaban J connectivity index is 4.74.